The molecule has 2 aliphatic rings. The van der Waals surface area contributed by atoms with Gasteiger partial charge >= 0.3 is 0 Å². The van der Waals surface area contributed by atoms with Gasteiger partial charge in [-0.2, -0.15) is 4.31 Å². The van der Waals surface area contributed by atoms with E-state index in [1.165, 1.54) is 10.4 Å². The second-order valence-electron chi connectivity index (χ2n) is 8.92. The first kappa shape index (κ1) is 24.2. The molecule has 3 heterocycles. The Kier molecular flexibility index (Phi) is 6.61. The Balaban J connectivity index is 1.38. The van der Waals surface area contributed by atoms with E-state index in [4.69, 9.17) is 11.6 Å². The van der Waals surface area contributed by atoms with Gasteiger partial charge < -0.3 is 10.2 Å². The van der Waals surface area contributed by atoms with E-state index in [0.717, 1.165) is 40.6 Å². The van der Waals surface area contributed by atoms with Crippen LogP contribution in [0.25, 0.3) is 10.8 Å². The fraction of sp³-hybridized carbons (Fsp3) is 0.360. The number of anilines is 2. The van der Waals surface area contributed by atoms with Crippen LogP contribution in [0.1, 0.15) is 43.0 Å². The van der Waals surface area contributed by atoms with E-state index >= 15 is 0 Å². The smallest absolute Gasteiger partial charge is 0.258 e. The summed E-state index contributed by atoms with van der Waals surface area (Å²) in [6.45, 7) is 3.24. The minimum absolute atomic E-state index is 0.00987. The Labute approximate surface area is 213 Å². The fourth-order valence-electron chi connectivity index (χ4n) is 4.87. The molecule has 0 bridgehead atoms. The van der Waals surface area contributed by atoms with Gasteiger partial charge in [0.2, 0.25) is 5.91 Å². The zero-order valence-corrected chi connectivity index (χ0v) is 21.7. The van der Waals surface area contributed by atoms with Crippen LogP contribution in [0.2, 0.25) is 4.34 Å². The topological polar surface area (TPSA) is 86.8 Å². The first-order valence-electron chi connectivity index (χ1n) is 11.7. The van der Waals surface area contributed by atoms with Crippen LogP contribution in [-0.2, 0) is 14.8 Å². The maximum absolute atomic E-state index is 13.3. The van der Waals surface area contributed by atoms with Crippen molar-refractivity contribution in [3.63, 3.8) is 0 Å². The average molecular weight is 532 g/mol. The van der Waals surface area contributed by atoms with Crippen molar-refractivity contribution in [2.45, 2.75) is 36.8 Å². The van der Waals surface area contributed by atoms with E-state index in [1.54, 1.807) is 6.07 Å². The third kappa shape index (κ3) is 4.35. The van der Waals surface area contributed by atoms with Gasteiger partial charge in [-0.15, -0.1) is 11.3 Å². The maximum Gasteiger partial charge on any atom is 0.258 e. The molecule has 0 radical (unpaired) electrons. The van der Waals surface area contributed by atoms with Gasteiger partial charge in [-0.1, -0.05) is 37.1 Å². The highest BCUT2D eigenvalue weighted by Gasteiger charge is 2.35. The lowest BCUT2D eigenvalue weighted by molar-refractivity contribution is -0.120. The van der Waals surface area contributed by atoms with Crippen LogP contribution in [0, 0.1) is 5.92 Å². The Bertz CT molecular complexity index is 1420. The molecule has 7 nitrogen and oxygen atoms in total. The summed E-state index contributed by atoms with van der Waals surface area (Å²) in [6, 6.07) is 12.4. The summed E-state index contributed by atoms with van der Waals surface area (Å²) in [7, 11) is -3.69. The van der Waals surface area contributed by atoms with Crippen molar-refractivity contribution in [3.8, 4) is 0 Å². The van der Waals surface area contributed by atoms with Crippen molar-refractivity contribution in [1.29, 1.82) is 0 Å². The number of thiophene rings is 1. The number of rotatable bonds is 7. The quantitative estimate of drug-likeness (QED) is 0.445. The van der Waals surface area contributed by atoms with Crippen LogP contribution in [0.4, 0.5) is 11.4 Å². The number of nitrogens with one attached hydrogen (secondary N) is 1. The van der Waals surface area contributed by atoms with E-state index in [0.29, 0.717) is 41.5 Å². The van der Waals surface area contributed by atoms with Gasteiger partial charge in [-0.25, -0.2) is 8.42 Å². The zero-order chi connectivity index (χ0) is 24.7. The van der Waals surface area contributed by atoms with Gasteiger partial charge in [0.05, 0.1) is 15.9 Å². The molecule has 1 fully saturated rings. The predicted octanol–water partition coefficient (Wildman–Crippen LogP) is 5.35. The van der Waals surface area contributed by atoms with Crippen molar-refractivity contribution in [2.24, 2.45) is 5.92 Å². The number of hydrogen-bond acceptors (Lipinski definition) is 5. The van der Waals surface area contributed by atoms with Gasteiger partial charge in [0, 0.05) is 41.7 Å². The number of nitrogens with zero attached hydrogens (tertiary/aromatic N) is 2. The van der Waals surface area contributed by atoms with Gasteiger partial charge in [-0.05, 0) is 49.6 Å². The lowest BCUT2D eigenvalue weighted by atomic mass is 9.98. The van der Waals surface area contributed by atoms with E-state index in [9.17, 15) is 18.0 Å². The van der Waals surface area contributed by atoms with Crippen LogP contribution in [0.15, 0.2) is 46.7 Å². The Morgan fingerprint density at radius 3 is 2.77 bits per heavy atom. The Morgan fingerprint density at radius 2 is 2.03 bits per heavy atom. The number of benzene rings is 2. The number of halogens is 1. The van der Waals surface area contributed by atoms with Crippen molar-refractivity contribution >= 4 is 66.9 Å². The summed E-state index contributed by atoms with van der Waals surface area (Å²) in [5.74, 6) is -0.703. The first-order chi connectivity index (χ1) is 16.8. The third-order valence-corrected chi connectivity index (χ3v) is 10.2. The van der Waals surface area contributed by atoms with Gasteiger partial charge in [-0.3, -0.25) is 9.59 Å². The lowest BCUT2D eigenvalue weighted by Crippen LogP contribution is -2.43. The molecule has 0 aliphatic carbocycles. The molecule has 35 heavy (non-hydrogen) atoms. The standard InChI is InChI=1S/C25H26ClN3O4S2/c1-2-3-14-29-20-10-9-19(17-7-4-8-18(23(17)20)25(29)31)27-24(30)16-6-5-13-28(15-16)35(32,33)22-12-11-21(26)34-22/h4,7-12,16H,2-3,5-6,13-15H2,1H3,(H,27,30). The van der Waals surface area contributed by atoms with Crippen LogP contribution in [0.5, 0.6) is 0 Å². The Hall–Kier alpha value is -2.46. The molecule has 1 atom stereocenters. The second kappa shape index (κ2) is 9.54. The van der Waals surface area contributed by atoms with E-state index in [1.807, 2.05) is 35.2 Å². The number of unbranched alkanes of at least 4 members (excludes halogenated alkanes) is 1. The molecule has 2 amide bonds. The predicted molar refractivity (Wildman–Crippen MR) is 140 cm³/mol. The molecule has 5 rings (SSSR count). The van der Waals surface area contributed by atoms with Crippen LogP contribution in [0.3, 0.4) is 0 Å². The molecule has 3 aromatic rings. The summed E-state index contributed by atoms with van der Waals surface area (Å²) in [5.41, 5.74) is 2.15. The summed E-state index contributed by atoms with van der Waals surface area (Å²) in [6.07, 6.45) is 3.11. The third-order valence-electron chi connectivity index (χ3n) is 6.68. The van der Waals surface area contributed by atoms with Crippen LogP contribution in [-0.4, -0.2) is 44.2 Å². The highest BCUT2D eigenvalue weighted by atomic mass is 35.5. The van der Waals surface area contributed by atoms with Crippen LogP contribution < -0.4 is 10.2 Å². The fourth-order valence-corrected chi connectivity index (χ4v) is 8.03. The highest BCUT2D eigenvalue weighted by Crippen LogP contribution is 2.41. The molecule has 10 heteroatoms. The van der Waals surface area contributed by atoms with Crippen LogP contribution >= 0.6 is 22.9 Å². The number of amides is 2. The number of sulfonamides is 1. The average Bonchev–Trinajstić information content (AvgIpc) is 3.42. The second-order valence-corrected chi connectivity index (χ2v) is 12.8. The molecular weight excluding hydrogens is 506 g/mol. The molecular formula is C25H26ClN3O4S2. The molecule has 1 unspecified atom stereocenters. The maximum atomic E-state index is 13.3. The molecule has 0 spiro atoms. The highest BCUT2D eigenvalue weighted by molar-refractivity contribution is 7.91. The first-order valence-corrected chi connectivity index (χ1v) is 14.4. The van der Waals surface area contributed by atoms with Gasteiger partial charge in [0.15, 0.2) is 0 Å². The molecule has 1 saturated heterocycles. The molecule has 184 valence electrons. The monoisotopic (exact) mass is 531 g/mol. The normalized spacial score (nSPS) is 18.4. The number of carbonyl (C=O) groups excluding carboxylic acids is 2. The SMILES string of the molecule is CCCCN1C(=O)c2cccc3c(NC(=O)C4CCCN(S(=O)(=O)c5ccc(Cl)s5)C4)ccc1c23. The molecule has 1 N–H and O–H groups in total. The largest absolute Gasteiger partial charge is 0.325 e. The Morgan fingerprint density at radius 1 is 1.20 bits per heavy atom. The summed E-state index contributed by atoms with van der Waals surface area (Å²) >= 11 is 6.96. The van der Waals surface area contributed by atoms with E-state index in [-0.39, 0.29) is 22.6 Å². The van der Waals surface area contributed by atoms with Gasteiger partial charge in [0.25, 0.3) is 15.9 Å². The molecule has 2 aromatic carbocycles. The number of carbonyl (C=O) groups is 2. The summed E-state index contributed by atoms with van der Waals surface area (Å²) in [4.78, 5) is 28.0. The van der Waals surface area contributed by atoms with E-state index < -0.39 is 15.9 Å². The summed E-state index contributed by atoms with van der Waals surface area (Å²) in [5, 5.41) is 4.69. The number of hydrogen-bond donors (Lipinski definition) is 1. The number of piperidine rings is 1. The van der Waals surface area contributed by atoms with Crippen molar-refractivity contribution < 1.29 is 18.0 Å². The lowest BCUT2D eigenvalue weighted by Gasteiger charge is -2.31. The van der Waals surface area contributed by atoms with Crippen molar-refractivity contribution in [1.82, 2.24) is 4.31 Å². The van der Waals surface area contributed by atoms with Crippen molar-refractivity contribution in [2.75, 3.05) is 29.9 Å². The molecule has 1 aromatic heterocycles. The van der Waals surface area contributed by atoms with E-state index in [2.05, 4.69) is 12.2 Å². The minimum Gasteiger partial charge on any atom is -0.325 e. The molecule has 2 aliphatic heterocycles. The van der Waals surface area contributed by atoms with Crippen molar-refractivity contribution in [3.05, 3.63) is 52.4 Å². The minimum atomic E-state index is -3.69. The zero-order valence-electron chi connectivity index (χ0n) is 19.3. The van der Waals surface area contributed by atoms with Gasteiger partial charge in [0.1, 0.15) is 4.21 Å². The molecule has 0 saturated carbocycles. The summed E-state index contributed by atoms with van der Waals surface area (Å²) < 4.78 is 28.0.